The topological polar surface area (TPSA) is 79.4 Å². The summed E-state index contributed by atoms with van der Waals surface area (Å²) in [5.74, 6) is -0.340. The van der Waals surface area contributed by atoms with E-state index in [0.29, 0.717) is 10.9 Å². The lowest BCUT2D eigenvalue weighted by molar-refractivity contribution is -0.121. The molecule has 0 aliphatic carbocycles. The number of para-hydroxylation sites is 1. The SMILES string of the molecule is CN(CC(=O)NCCCc1nc2ccccc2s1)S(=O)(=O)c1ccc(Cl)s1. The summed E-state index contributed by atoms with van der Waals surface area (Å²) >= 11 is 8.41. The molecule has 0 saturated heterocycles. The summed E-state index contributed by atoms with van der Waals surface area (Å²) in [4.78, 5) is 16.6. The van der Waals surface area contributed by atoms with Crippen LogP contribution in [0.4, 0.5) is 0 Å². The van der Waals surface area contributed by atoms with Crippen LogP contribution in [-0.2, 0) is 21.2 Å². The molecule has 1 amide bonds. The molecule has 0 radical (unpaired) electrons. The van der Waals surface area contributed by atoms with Gasteiger partial charge in [0.15, 0.2) is 0 Å². The minimum atomic E-state index is -3.70. The highest BCUT2D eigenvalue weighted by atomic mass is 35.5. The fourth-order valence-corrected chi connectivity index (χ4v) is 6.26. The third-order valence-corrected chi connectivity index (χ3v) is 8.41. The molecule has 0 spiro atoms. The molecule has 3 aromatic rings. The van der Waals surface area contributed by atoms with Crippen LogP contribution < -0.4 is 5.32 Å². The number of aromatic nitrogens is 1. The zero-order valence-corrected chi connectivity index (χ0v) is 17.7. The van der Waals surface area contributed by atoms with Crippen LogP contribution in [0, 0.1) is 0 Å². The molecule has 2 aromatic heterocycles. The maximum absolute atomic E-state index is 12.4. The van der Waals surface area contributed by atoms with Gasteiger partial charge in [0.25, 0.3) is 10.0 Å². The molecule has 0 atom stereocenters. The number of aryl methyl sites for hydroxylation is 1. The van der Waals surface area contributed by atoms with Crippen molar-refractivity contribution in [3.8, 4) is 0 Å². The third kappa shape index (κ3) is 5.05. The second-order valence-electron chi connectivity index (χ2n) is 5.85. The van der Waals surface area contributed by atoms with E-state index in [1.54, 1.807) is 11.3 Å². The fourth-order valence-electron chi connectivity index (χ4n) is 2.43. The number of halogens is 1. The number of thiophene rings is 1. The van der Waals surface area contributed by atoms with Crippen molar-refractivity contribution in [2.75, 3.05) is 20.1 Å². The van der Waals surface area contributed by atoms with Crippen LogP contribution in [0.15, 0.2) is 40.6 Å². The van der Waals surface area contributed by atoms with E-state index < -0.39 is 10.0 Å². The Morgan fingerprint density at radius 3 is 2.70 bits per heavy atom. The van der Waals surface area contributed by atoms with E-state index in [-0.39, 0.29) is 16.7 Å². The van der Waals surface area contributed by atoms with Gasteiger partial charge in [0.05, 0.1) is 26.1 Å². The fraction of sp³-hybridized carbons (Fsp3) is 0.294. The molecule has 27 heavy (non-hydrogen) atoms. The quantitative estimate of drug-likeness (QED) is 0.541. The van der Waals surface area contributed by atoms with Crippen LogP contribution in [0.25, 0.3) is 10.2 Å². The summed E-state index contributed by atoms with van der Waals surface area (Å²) in [6.45, 7) is 0.229. The number of rotatable bonds is 8. The summed E-state index contributed by atoms with van der Waals surface area (Å²) in [5, 5.41) is 3.78. The minimum absolute atomic E-state index is 0.124. The first-order chi connectivity index (χ1) is 12.9. The van der Waals surface area contributed by atoms with Crippen LogP contribution >= 0.6 is 34.3 Å². The molecule has 10 heteroatoms. The number of amides is 1. The molecule has 0 aliphatic rings. The highest BCUT2D eigenvalue weighted by molar-refractivity contribution is 7.91. The van der Waals surface area contributed by atoms with Crippen molar-refractivity contribution in [1.29, 1.82) is 0 Å². The smallest absolute Gasteiger partial charge is 0.252 e. The number of likely N-dealkylation sites (N-methyl/N-ethyl adjacent to an activating group) is 1. The number of nitrogens with zero attached hydrogens (tertiary/aromatic N) is 2. The van der Waals surface area contributed by atoms with E-state index in [4.69, 9.17) is 11.6 Å². The van der Waals surface area contributed by atoms with Crippen molar-refractivity contribution in [2.24, 2.45) is 0 Å². The van der Waals surface area contributed by atoms with E-state index in [1.165, 1.54) is 19.2 Å². The average Bonchev–Trinajstić information content (AvgIpc) is 3.24. The first-order valence-electron chi connectivity index (χ1n) is 8.19. The van der Waals surface area contributed by atoms with E-state index in [1.807, 2.05) is 24.3 Å². The summed E-state index contributed by atoms with van der Waals surface area (Å²) in [5.41, 5.74) is 0.988. The minimum Gasteiger partial charge on any atom is -0.355 e. The maximum atomic E-state index is 12.4. The number of thiazole rings is 1. The standard InChI is InChI=1S/C17H18ClN3O3S3/c1-21(27(23,24)17-9-8-14(18)26-17)11-15(22)19-10-4-7-16-20-12-5-2-3-6-13(12)25-16/h2-3,5-6,8-9H,4,7,10-11H2,1H3,(H,19,22). The Kier molecular flexibility index (Phi) is 6.48. The van der Waals surface area contributed by atoms with Crippen LogP contribution in [0.1, 0.15) is 11.4 Å². The number of hydrogen-bond donors (Lipinski definition) is 1. The molecule has 2 heterocycles. The van der Waals surface area contributed by atoms with Crippen molar-refractivity contribution in [3.05, 3.63) is 45.7 Å². The first-order valence-corrected chi connectivity index (χ1v) is 11.6. The van der Waals surface area contributed by atoms with Gasteiger partial charge < -0.3 is 5.32 Å². The second kappa shape index (κ2) is 8.66. The zero-order valence-electron chi connectivity index (χ0n) is 14.5. The van der Waals surface area contributed by atoms with Gasteiger partial charge in [-0.05, 0) is 30.7 Å². The van der Waals surface area contributed by atoms with Gasteiger partial charge in [0.1, 0.15) is 4.21 Å². The molecule has 6 nitrogen and oxygen atoms in total. The molecule has 0 fully saturated rings. The van der Waals surface area contributed by atoms with Gasteiger partial charge >= 0.3 is 0 Å². The van der Waals surface area contributed by atoms with Gasteiger partial charge in [0, 0.05) is 20.0 Å². The number of benzene rings is 1. The van der Waals surface area contributed by atoms with E-state index in [2.05, 4.69) is 10.3 Å². The molecule has 0 aliphatic heterocycles. The van der Waals surface area contributed by atoms with Crippen molar-refractivity contribution in [3.63, 3.8) is 0 Å². The normalized spacial score (nSPS) is 12.0. The summed E-state index contributed by atoms with van der Waals surface area (Å²) in [7, 11) is -2.32. The van der Waals surface area contributed by atoms with Crippen molar-refractivity contribution < 1.29 is 13.2 Å². The predicted octanol–water partition coefficient (Wildman–Crippen LogP) is 3.38. The molecular weight excluding hydrogens is 426 g/mol. The number of hydrogen-bond acceptors (Lipinski definition) is 6. The third-order valence-electron chi connectivity index (χ3n) is 3.81. The molecule has 1 aromatic carbocycles. The first kappa shape index (κ1) is 20.2. The maximum Gasteiger partial charge on any atom is 0.252 e. The van der Waals surface area contributed by atoms with Crippen LogP contribution in [0.3, 0.4) is 0 Å². The highest BCUT2D eigenvalue weighted by Crippen LogP contribution is 2.27. The summed E-state index contributed by atoms with van der Waals surface area (Å²) in [6, 6.07) is 10.9. The molecule has 0 saturated carbocycles. The summed E-state index contributed by atoms with van der Waals surface area (Å²) < 4.78 is 27.4. The monoisotopic (exact) mass is 443 g/mol. The van der Waals surface area contributed by atoms with Crippen molar-refractivity contribution in [2.45, 2.75) is 17.1 Å². The van der Waals surface area contributed by atoms with Crippen LogP contribution in [0.5, 0.6) is 0 Å². The summed E-state index contributed by atoms with van der Waals surface area (Å²) in [6.07, 6.45) is 1.50. The Morgan fingerprint density at radius 1 is 1.22 bits per heavy atom. The Bertz CT molecular complexity index is 1010. The van der Waals surface area contributed by atoms with Crippen LogP contribution in [-0.4, -0.2) is 43.8 Å². The lowest BCUT2D eigenvalue weighted by Crippen LogP contribution is -2.38. The Balaban J connectivity index is 1.45. The molecular formula is C17H18ClN3O3S3. The molecule has 3 rings (SSSR count). The zero-order chi connectivity index (χ0) is 19.4. The van der Waals surface area contributed by atoms with Crippen molar-refractivity contribution >= 4 is 60.4 Å². The van der Waals surface area contributed by atoms with E-state index in [0.717, 1.165) is 43.7 Å². The van der Waals surface area contributed by atoms with Gasteiger partial charge in [-0.2, -0.15) is 4.31 Å². The number of carbonyl (C=O) groups excluding carboxylic acids is 1. The van der Waals surface area contributed by atoms with Gasteiger partial charge in [-0.1, -0.05) is 23.7 Å². The Labute approximate surface area is 170 Å². The average molecular weight is 444 g/mol. The van der Waals surface area contributed by atoms with Gasteiger partial charge in [-0.3, -0.25) is 4.79 Å². The number of carbonyl (C=O) groups is 1. The Morgan fingerprint density at radius 2 is 2.00 bits per heavy atom. The highest BCUT2D eigenvalue weighted by Gasteiger charge is 2.24. The molecule has 0 bridgehead atoms. The lowest BCUT2D eigenvalue weighted by Gasteiger charge is -2.15. The van der Waals surface area contributed by atoms with E-state index in [9.17, 15) is 13.2 Å². The number of nitrogens with one attached hydrogen (secondary N) is 1. The van der Waals surface area contributed by atoms with E-state index >= 15 is 0 Å². The number of fused-ring (bicyclic) bond motifs is 1. The Hall–Kier alpha value is -1.52. The van der Waals surface area contributed by atoms with Gasteiger partial charge in [-0.15, -0.1) is 22.7 Å². The molecule has 1 N–H and O–H groups in total. The lowest BCUT2D eigenvalue weighted by atomic mass is 10.3. The van der Waals surface area contributed by atoms with Gasteiger partial charge in [-0.25, -0.2) is 13.4 Å². The predicted molar refractivity (Wildman–Crippen MR) is 110 cm³/mol. The molecule has 0 unspecified atom stereocenters. The molecule has 144 valence electrons. The van der Waals surface area contributed by atoms with Crippen LogP contribution in [0.2, 0.25) is 4.34 Å². The number of sulfonamides is 1. The second-order valence-corrected chi connectivity index (χ2v) is 11.0. The largest absolute Gasteiger partial charge is 0.355 e. The van der Waals surface area contributed by atoms with Crippen molar-refractivity contribution in [1.82, 2.24) is 14.6 Å². The van der Waals surface area contributed by atoms with Gasteiger partial charge in [0.2, 0.25) is 5.91 Å².